The minimum atomic E-state index is -0.285. The molecule has 0 saturated carbocycles. The van der Waals surface area contributed by atoms with Gasteiger partial charge in [0.15, 0.2) is 5.16 Å². The molecule has 0 spiro atoms. The Morgan fingerprint density at radius 1 is 1.23 bits per heavy atom. The normalized spacial score (nSPS) is 10.5. The van der Waals surface area contributed by atoms with Gasteiger partial charge in [0.1, 0.15) is 5.75 Å². The lowest BCUT2D eigenvalue weighted by molar-refractivity contribution is -0.131. The Labute approximate surface area is 184 Å². The van der Waals surface area contributed by atoms with Crippen molar-refractivity contribution in [1.29, 1.82) is 0 Å². The van der Waals surface area contributed by atoms with Gasteiger partial charge in [0.2, 0.25) is 11.8 Å². The number of thioether (sulfide) groups is 1. The fraction of sp³-hybridized carbons (Fsp3) is 0.190. The molecule has 0 aliphatic carbocycles. The molecule has 0 aliphatic rings. The van der Waals surface area contributed by atoms with E-state index in [1.807, 2.05) is 22.9 Å². The van der Waals surface area contributed by atoms with Crippen LogP contribution in [0.15, 0.2) is 66.1 Å². The fourth-order valence-electron chi connectivity index (χ4n) is 2.64. The Kier molecular flexibility index (Phi) is 7.37. The number of hydrogen-bond acceptors (Lipinski definition) is 5. The zero-order chi connectivity index (χ0) is 21.5. The number of benzene rings is 2. The molecule has 0 bridgehead atoms. The topological polar surface area (TPSA) is 76.5 Å². The monoisotopic (exact) mass is 444 g/mol. The molecule has 1 heterocycles. The first-order chi connectivity index (χ1) is 14.5. The van der Waals surface area contributed by atoms with Crippen molar-refractivity contribution in [3.63, 3.8) is 0 Å². The molecule has 7 nitrogen and oxygen atoms in total. The number of anilines is 1. The molecule has 0 atom stereocenters. The van der Waals surface area contributed by atoms with E-state index in [4.69, 9.17) is 16.3 Å². The number of nitrogens with one attached hydrogen (secondary N) is 1. The third-order valence-corrected chi connectivity index (χ3v) is 5.40. The first kappa shape index (κ1) is 21.7. The van der Waals surface area contributed by atoms with E-state index in [-0.39, 0.29) is 24.1 Å². The number of nitrogens with zero attached hydrogens (tertiary/aromatic N) is 3. The highest BCUT2D eigenvalue weighted by atomic mass is 35.5. The number of amides is 2. The Morgan fingerprint density at radius 3 is 2.73 bits per heavy atom. The summed E-state index contributed by atoms with van der Waals surface area (Å²) in [4.78, 5) is 30.4. The summed E-state index contributed by atoms with van der Waals surface area (Å²) in [5.74, 6) is 0.344. The van der Waals surface area contributed by atoms with Crippen LogP contribution >= 0.6 is 23.4 Å². The molecule has 0 unspecified atom stereocenters. The van der Waals surface area contributed by atoms with Crippen LogP contribution in [-0.4, -0.2) is 52.7 Å². The smallest absolute Gasteiger partial charge is 0.243 e. The number of halogens is 1. The summed E-state index contributed by atoms with van der Waals surface area (Å²) >= 11 is 7.24. The van der Waals surface area contributed by atoms with Crippen molar-refractivity contribution in [2.75, 3.05) is 31.8 Å². The molecule has 1 N–H and O–H groups in total. The third kappa shape index (κ3) is 5.77. The number of likely N-dealkylation sites (N-methyl/N-ethyl adjacent to an activating group) is 1. The van der Waals surface area contributed by atoms with Crippen LogP contribution in [0.5, 0.6) is 5.75 Å². The van der Waals surface area contributed by atoms with Crippen LogP contribution in [0.4, 0.5) is 5.69 Å². The highest BCUT2D eigenvalue weighted by Crippen LogP contribution is 2.22. The number of carbonyl (C=O) groups is 2. The van der Waals surface area contributed by atoms with E-state index < -0.39 is 0 Å². The minimum Gasteiger partial charge on any atom is -0.497 e. The van der Waals surface area contributed by atoms with E-state index >= 15 is 0 Å². The highest BCUT2D eigenvalue weighted by Gasteiger charge is 2.15. The van der Waals surface area contributed by atoms with Gasteiger partial charge in [-0.3, -0.25) is 14.2 Å². The Bertz CT molecular complexity index is 1020. The second kappa shape index (κ2) is 10.2. The van der Waals surface area contributed by atoms with Gasteiger partial charge in [0, 0.05) is 41.9 Å². The first-order valence-electron chi connectivity index (χ1n) is 9.06. The molecule has 2 amide bonds. The van der Waals surface area contributed by atoms with E-state index in [2.05, 4.69) is 10.3 Å². The fourth-order valence-corrected chi connectivity index (χ4v) is 3.68. The predicted octanol–water partition coefficient (Wildman–Crippen LogP) is 3.72. The van der Waals surface area contributed by atoms with Crippen molar-refractivity contribution < 1.29 is 14.3 Å². The van der Waals surface area contributed by atoms with E-state index in [1.54, 1.807) is 56.8 Å². The molecule has 0 aliphatic heterocycles. The van der Waals surface area contributed by atoms with Gasteiger partial charge in [-0.2, -0.15) is 0 Å². The average Bonchev–Trinajstić information content (AvgIpc) is 3.21. The third-order valence-electron chi connectivity index (χ3n) is 4.20. The second-order valence-electron chi connectivity index (χ2n) is 6.37. The SMILES string of the molecule is COc1cccc(NC(=O)CN(C)C(=O)CSc2nccn2-c2ccc(Cl)cc2)c1. The molecule has 3 aromatic rings. The second-order valence-corrected chi connectivity index (χ2v) is 7.75. The summed E-state index contributed by atoms with van der Waals surface area (Å²) < 4.78 is 7.02. The summed E-state index contributed by atoms with van der Waals surface area (Å²) in [5.41, 5.74) is 1.51. The van der Waals surface area contributed by atoms with Gasteiger partial charge in [-0.15, -0.1) is 0 Å². The Hall–Kier alpha value is -2.97. The molecule has 0 radical (unpaired) electrons. The number of rotatable bonds is 8. The Balaban J connectivity index is 1.53. The van der Waals surface area contributed by atoms with Crippen molar-refractivity contribution in [2.24, 2.45) is 0 Å². The summed E-state index contributed by atoms with van der Waals surface area (Å²) in [7, 11) is 3.16. The molecule has 0 saturated heterocycles. The maximum Gasteiger partial charge on any atom is 0.243 e. The summed E-state index contributed by atoms with van der Waals surface area (Å²) in [6.07, 6.45) is 3.49. The van der Waals surface area contributed by atoms with E-state index in [9.17, 15) is 9.59 Å². The molecule has 2 aromatic carbocycles. The molecular formula is C21H21ClN4O3S. The van der Waals surface area contributed by atoms with Crippen LogP contribution in [0.1, 0.15) is 0 Å². The number of imidazole rings is 1. The number of methoxy groups -OCH3 is 1. The van der Waals surface area contributed by atoms with Gasteiger partial charge in [0.25, 0.3) is 0 Å². The van der Waals surface area contributed by atoms with Crippen molar-refractivity contribution >= 4 is 40.9 Å². The lowest BCUT2D eigenvalue weighted by Crippen LogP contribution is -2.36. The van der Waals surface area contributed by atoms with Gasteiger partial charge in [-0.05, 0) is 36.4 Å². The lowest BCUT2D eigenvalue weighted by atomic mass is 10.3. The number of carbonyl (C=O) groups excluding carboxylic acids is 2. The van der Waals surface area contributed by atoms with Crippen LogP contribution < -0.4 is 10.1 Å². The van der Waals surface area contributed by atoms with Crippen LogP contribution in [-0.2, 0) is 9.59 Å². The van der Waals surface area contributed by atoms with Crippen molar-refractivity contribution in [3.05, 3.63) is 65.9 Å². The van der Waals surface area contributed by atoms with Gasteiger partial charge in [-0.25, -0.2) is 4.98 Å². The standard InChI is InChI=1S/C21H21ClN4O3S/c1-25(13-19(27)24-16-4-3-5-18(12-16)29-2)20(28)14-30-21-23-10-11-26(21)17-8-6-15(22)7-9-17/h3-12H,13-14H2,1-2H3,(H,24,27). The average molecular weight is 445 g/mol. The number of aromatic nitrogens is 2. The zero-order valence-electron chi connectivity index (χ0n) is 16.5. The number of ether oxygens (including phenoxy) is 1. The summed E-state index contributed by atoms with van der Waals surface area (Å²) in [5, 5.41) is 4.09. The van der Waals surface area contributed by atoms with Crippen molar-refractivity contribution in [2.45, 2.75) is 5.16 Å². The van der Waals surface area contributed by atoms with Crippen LogP contribution in [0.2, 0.25) is 5.02 Å². The molecular weight excluding hydrogens is 424 g/mol. The number of hydrogen-bond donors (Lipinski definition) is 1. The summed E-state index contributed by atoms with van der Waals surface area (Å²) in [6, 6.07) is 14.4. The van der Waals surface area contributed by atoms with E-state index in [0.29, 0.717) is 21.6 Å². The van der Waals surface area contributed by atoms with Gasteiger partial charge in [-0.1, -0.05) is 29.4 Å². The molecule has 9 heteroatoms. The lowest BCUT2D eigenvalue weighted by Gasteiger charge is -2.17. The summed E-state index contributed by atoms with van der Waals surface area (Å²) in [6.45, 7) is -0.0533. The zero-order valence-corrected chi connectivity index (χ0v) is 18.1. The van der Waals surface area contributed by atoms with Gasteiger partial charge in [0.05, 0.1) is 19.4 Å². The van der Waals surface area contributed by atoms with Crippen LogP contribution in [0.3, 0.4) is 0 Å². The molecule has 0 fully saturated rings. The largest absolute Gasteiger partial charge is 0.497 e. The highest BCUT2D eigenvalue weighted by molar-refractivity contribution is 7.99. The minimum absolute atomic E-state index is 0.0533. The predicted molar refractivity (Wildman–Crippen MR) is 119 cm³/mol. The first-order valence-corrected chi connectivity index (χ1v) is 10.4. The molecule has 156 valence electrons. The quantitative estimate of drug-likeness (QED) is 0.536. The van der Waals surface area contributed by atoms with E-state index in [0.717, 1.165) is 5.69 Å². The van der Waals surface area contributed by atoms with Crippen LogP contribution in [0.25, 0.3) is 5.69 Å². The molecule has 3 rings (SSSR count). The maximum absolute atomic E-state index is 12.5. The van der Waals surface area contributed by atoms with E-state index in [1.165, 1.54) is 16.7 Å². The van der Waals surface area contributed by atoms with Crippen molar-refractivity contribution in [1.82, 2.24) is 14.5 Å². The van der Waals surface area contributed by atoms with Crippen molar-refractivity contribution in [3.8, 4) is 11.4 Å². The molecule has 1 aromatic heterocycles. The Morgan fingerprint density at radius 2 is 2.00 bits per heavy atom. The van der Waals surface area contributed by atoms with Gasteiger partial charge >= 0.3 is 0 Å². The van der Waals surface area contributed by atoms with Gasteiger partial charge < -0.3 is 15.0 Å². The van der Waals surface area contributed by atoms with Crippen LogP contribution in [0, 0.1) is 0 Å². The maximum atomic E-state index is 12.5. The molecule has 30 heavy (non-hydrogen) atoms.